The second kappa shape index (κ2) is 7.13. The highest BCUT2D eigenvalue weighted by Crippen LogP contribution is 2.22. The van der Waals surface area contributed by atoms with Crippen LogP contribution >= 0.6 is 0 Å². The summed E-state index contributed by atoms with van der Waals surface area (Å²) >= 11 is 0. The number of hydrogen-bond acceptors (Lipinski definition) is 3. The van der Waals surface area contributed by atoms with Crippen LogP contribution in [-0.4, -0.2) is 26.4 Å². The van der Waals surface area contributed by atoms with E-state index in [9.17, 15) is 4.39 Å². The first-order valence-corrected chi connectivity index (χ1v) is 6.48. The van der Waals surface area contributed by atoms with Gasteiger partial charge in [-0.15, -0.1) is 0 Å². The number of nitrogens with two attached hydrogens (primary N) is 1. The quantitative estimate of drug-likeness (QED) is 0.848. The highest BCUT2D eigenvalue weighted by atomic mass is 19.1. The maximum atomic E-state index is 13.2. The van der Waals surface area contributed by atoms with E-state index < -0.39 is 0 Å². The SMILES string of the molecule is NCC#Cc1cc(F)ccc1OCC1CCOCC1. The highest BCUT2D eigenvalue weighted by Gasteiger charge is 2.15. The van der Waals surface area contributed by atoms with E-state index in [0.717, 1.165) is 26.1 Å². The molecule has 0 spiro atoms. The summed E-state index contributed by atoms with van der Waals surface area (Å²) in [5.74, 6) is 6.35. The zero-order valence-corrected chi connectivity index (χ0v) is 10.8. The van der Waals surface area contributed by atoms with Gasteiger partial charge in [0.1, 0.15) is 11.6 Å². The molecule has 0 amide bonds. The summed E-state index contributed by atoms with van der Waals surface area (Å²) in [5.41, 5.74) is 5.89. The van der Waals surface area contributed by atoms with Crippen LogP contribution in [0.1, 0.15) is 18.4 Å². The smallest absolute Gasteiger partial charge is 0.135 e. The van der Waals surface area contributed by atoms with Gasteiger partial charge in [-0.05, 0) is 37.0 Å². The van der Waals surface area contributed by atoms with Crippen LogP contribution in [0.3, 0.4) is 0 Å². The maximum absolute atomic E-state index is 13.2. The molecule has 0 saturated carbocycles. The summed E-state index contributed by atoms with van der Waals surface area (Å²) < 4.78 is 24.3. The van der Waals surface area contributed by atoms with Gasteiger partial charge >= 0.3 is 0 Å². The average molecular weight is 263 g/mol. The molecule has 1 fully saturated rings. The van der Waals surface area contributed by atoms with Gasteiger partial charge in [0.05, 0.1) is 18.7 Å². The third kappa shape index (κ3) is 4.23. The molecule has 1 aromatic rings. The van der Waals surface area contributed by atoms with Gasteiger partial charge in [-0.3, -0.25) is 0 Å². The molecule has 102 valence electrons. The van der Waals surface area contributed by atoms with E-state index in [1.807, 2.05) is 0 Å². The van der Waals surface area contributed by atoms with Crippen molar-refractivity contribution >= 4 is 0 Å². The lowest BCUT2D eigenvalue weighted by Gasteiger charge is -2.22. The van der Waals surface area contributed by atoms with Gasteiger partial charge in [-0.1, -0.05) is 11.8 Å². The average Bonchev–Trinajstić information content (AvgIpc) is 2.45. The Labute approximate surface area is 112 Å². The first kappa shape index (κ1) is 13.9. The third-order valence-electron chi connectivity index (χ3n) is 3.08. The van der Waals surface area contributed by atoms with Crippen LogP contribution < -0.4 is 10.5 Å². The predicted molar refractivity (Wildman–Crippen MR) is 71.4 cm³/mol. The van der Waals surface area contributed by atoms with Crippen molar-refractivity contribution in [2.24, 2.45) is 11.7 Å². The summed E-state index contributed by atoms with van der Waals surface area (Å²) in [6, 6.07) is 4.38. The van der Waals surface area contributed by atoms with Gasteiger partial charge in [-0.25, -0.2) is 4.39 Å². The fraction of sp³-hybridized carbons (Fsp3) is 0.467. The van der Waals surface area contributed by atoms with Crippen LogP contribution in [0, 0.1) is 23.6 Å². The molecule has 0 aliphatic carbocycles. The van der Waals surface area contributed by atoms with Gasteiger partial charge in [0.25, 0.3) is 0 Å². The predicted octanol–water partition coefficient (Wildman–Crippen LogP) is 1.94. The van der Waals surface area contributed by atoms with Gasteiger partial charge in [-0.2, -0.15) is 0 Å². The largest absolute Gasteiger partial charge is 0.492 e. The lowest BCUT2D eigenvalue weighted by atomic mass is 10.0. The van der Waals surface area contributed by atoms with Crippen molar-refractivity contribution in [1.29, 1.82) is 0 Å². The van der Waals surface area contributed by atoms with E-state index >= 15 is 0 Å². The topological polar surface area (TPSA) is 44.5 Å². The standard InChI is InChI=1S/C15H18FNO2/c16-14-3-4-15(13(10-14)2-1-7-17)19-11-12-5-8-18-9-6-12/h3-4,10,12H,5-9,11,17H2. The van der Waals surface area contributed by atoms with Crippen molar-refractivity contribution in [2.45, 2.75) is 12.8 Å². The van der Waals surface area contributed by atoms with Crippen LogP contribution in [0.4, 0.5) is 4.39 Å². The van der Waals surface area contributed by atoms with E-state index in [-0.39, 0.29) is 12.4 Å². The Kier molecular flexibility index (Phi) is 5.20. The van der Waals surface area contributed by atoms with Crippen LogP contribution in [0.15, 0.2) is 18.2 Å². The number of rotatable bonds is 3. The maximum Gasteiger partial charge on any atom is 0.135 e. The van der Waals surface area contributed by atoms with Crippen LogP contribution in [0.25, 0.3) is 0 Å². The molecule has 0 aromatic heterocycles. The molecule has 0 unspecified atom stereocenters. The minimum atomic E-state index is -0.320. The van der Waals surface area contributed by atoms with Gasteiger partial charge in [0.2, 0.25) is 0 Å². The fourth-order valence-electron chi connectivity index (χ4n) is 1.99. The van der Waals surface area contributed by atoms with Crippen LogP contribution in [0.2, 0.25) is 0 Å². The zero-order chi connectivity index (χ0) is 13.5. The molecular formula is C15H18FNO2. The van der Waals surface area contributed by atoms with Crippen molar-refractivity contribution in [1.82, 2.24) is 0 Å². The minimum absolute atomic E-state index is 0.246. The third-order valence-corrected chi connectivity index (χ3v) is 3.08. The number of ether oxygens (including phenoxy) is 2. The van der Waals surface area contributed by atoms with E-state index in [1.165, 1.54) is 12.1 Å². The fourth-order valence-corrected chi connectivity index (χ4v) is 1.99. The number of hydrogen-bond donors (Lipinski definition) is 1. The Balaban J connectivity index is 2.02. The van der Waals surface area contributed by atoms with Crippen molar-refractivity contribution in [3.63, 3.8) is 0 Å². The van der Waals surface area contributed by atoms with Gasteiger partial charge in [0.15, 0.2) is 0 Å². The molecule has 1 aliphatic heterocycles. The van der Waals surface area contributed by atoms with Crippen LogP contribution in [0.5, 0.6) is 5.75 Å². The molecule has 1 aliphatic rings. The monoisotopic (exact) mass is 263 g/mol. The molecule has 1 aromatic carbocycles. The molecule has 2 rings (SSSR count). The van der Waals surface area contributed by atoms with Crippen molar-refractivity contribution in [2.75, 3.05) is 26.4 Å². The molecular weight excluding hydrogens is 245 g/mol. The number of benzene rings is 1. The Hall–Kier alpha value is -1.57. The van der Waals surface area contributed by atoms with Crippen LogP contribution in [-0.2, 0) is 4.74 Å². The van der Waals surface area contributed by atoms with Crippen molar-refractivity contribution in [3.8, 4) is 17.6 Å². The van der Waals surface area contributed by atoms with E-state index in [1.54, 1.807) is 6.07 Å². The van der Waals surface area contributed by atoms with Crippen molar-refractivity contribution in [3.05, 3.63) is 29.6 Å². The molecule has 19 heavy (non-hydrogen) atoms. The summed E-state index contributed by atoms with van der Waals surface area (Å²) in [4.78, 5) is 0. The number of halogens is 1. The molecule has 0 radical (unpaired) electrons. The summed E-state index contributed by atoms with van der Waals surface area (Å²) in [6.07, 6.45) is 2.01. The molecule has 0 bridgehead atoms. The Bertz CT molecular complexity index is 473. The second-order valence-electron chi connectivity index (χ2n) is 4.51. The molecule has 4 heteroatoms. The second-order valence-corrected chi connectivity index (χ2v) is 4.51. The van der Waals surface area contributed by atoms with E-state index in [2.05, 4.69) is 11.8 Å². The normalized spacial score (nSPS) is 15.7. The van der Waals surface area contributed by atoms with Gasteiger partial charge < -0.3 is 15.2 Å². The Morgan fingerprint density at radius 1 is 1.37 bits per heavy atom. The van der Waals surface area contributed by atoms with Crippen molar-refractivity contribution < 1.29 is 13.9 Å². The summed E-state index contributed by atoms with van der Waals surface area (Å²) in [6.45, 7) is 2.44. The molecule has 2 N–H and O–H groups in total. The Morgan fingerprint density at radius 2 is 2.16 bits per heavy atom. The first-order chi connectivity index (χ1) is 9.29. The van der Waals surface area contributed by atoms with E-state index in [0.29, 0.717) is 23.8 Å². The molecule has 0 atom stereocenters. The summed E-state index contributed by atoms with van der Waals surface area (Å²) in [5, 5.41) is 0. The lowest BCUT2D eigenvalue weighted by Crippen LogP contribution is -2.21. The molecule has 1 heterocycles. The lowest BCUT2D eigenvalue weighted by molar-refractivity contribution is 0.0497. The first-order valence-electron chi connectivity index (χ1n) is 6.48. The van der Waals surface area contributed by atoms with E-state index in [4.69, 9.17) is 15.2 Å². The summed E-state index contributed by atoms with van der Waals surface area (Å²) in [7, 11) is 0. The van der Waals surface area contributed by atoms with Gasteiger partial charge in [0, 0.05) is 13.2 Å². The Morgan fingerprint density at radius 3 is 2.89 bits per heavy atom. The minimum Gasteiger partial charge on any atom is -0.492 e. The zero-order valence-electron chi connectivity index (χ0n) is 10.8. The molecule has 1 saturated heterocycles. The molecule has 3 nitrogen and oxygen atoms in total. The highest BCUT2D eigenvalue weighted by molar-refractivity contribution is 5.46.